The average molecular weight is 293 g/mol. The van der Waals surface area contributed by atoms with Crippen molar-refractivity contribution in [3.8, 4) is 0 Å². The first-order chi connectivity index (χ1) is 8.75. The van der Waals surface area contributed by atoms with Crippen LogP contribution in [0.3, 0.4) is 0 Å². The van der Waals surface area contributed by atoms with Crippen LogP contribution in [-0.2, 0) is 12.7 Å². The number of hydrogen-bond acceptors (Lipinski definition) is 3. The quantitative estimate of drug-likeness (QED) is 0.817. The lowest BCUT2D eigenvalue weighted by Crippen LogP contribution is -2.16. The van der Waals surface area contributed by atoms with Gasteiger partial charge in [0.1, 0.15) is 0 Å². The number of aliphatic hydroxyl groups is 1. The molecule has 19 heavy (non-hydrogen) atoms. The maximum Gasteiger partial charge on any atom is 0.416 e. The number of hydrogen-bond donors (Lipinski definition) is 2. The van der Waals surface area contributed by atoms with E-state index in [0.717, 1.165) is 6.07 Å². The predicted octanol–water partition coefficient (Wildman–Crippen LogP) is 3.29. The van der Waals surface area contributed by atoms with Gasteiger partial charge in [0.25, 0.3) is 0 Å². The van der Waals surface area contributed by atoms with E-state index in [4.69, 9.17) is 0 Å². The van der Waals surface area contributed by atoms with Gasteiger partial charge in [-0.3, -0.25) is 0 Å². The topological polar surface area (TPSA) is 32.3 Å². The minimum atomic E-state index is -4.36. The van der Waals surface area contributed by atoms with Crippen LogP contribution in [0.4, 0.5) is 13.2 Å². The molecule has 0 heterocycles. The molecule has 0 aliphatic rings. The van der Waals surface area contributed by atoms with Crippen molar-refractivity contribution < 1.29 is 18.3 Å². The van der Waals surface area contributed by atoms with Crippen molar-refractivity contribution in [2.75, 3.05) is 7.05 Å². The Morgan fingerprint density at radius 3 is 2.42 bits per heavy atom. The molecule has 108 valence electrons. The zero-order chi connectivity index (χ0) is 14.6. The molecule has 0 aliphatic carbocycles. The van der Waals surface area contributed by atoms with Crippen LogP contribution in [0, 0.1) is 0 Å². The Labute approximate surface area is 115 Å². The van der Waals surface area contributed by atoms with Gasteiger partial charge >= 0.3 is 6.18 Å². The molecule has 1 rings (SSSR count). The lowest BCUT2D eigenvalue weighted by molar-refractivity contribution is -0.138. The van der Waals surface area contributed by atoms with Gasteiger partial charge in [-0.05, 0) is 31.7 Å². The van der Waals surface area contributed by atoms with Crippen molar-refractivity contribution in [1.82, 2.24) is 5.32 Å². The highest BCUT2D eigenvalue weighted by Gasteiger charge is 2.33. The van der Waals surface area contributed by atoms with Gasteiger partial charge in [0.15, 0.2) is 0 Å². The van der Waals surface area contributed by atoms with Crippen LogP contribution in [0.5, 0.6) is 0 Å². The molecule has 2 atom stereocenters. The van der Waals surface area contributed by atoms with Crippen molar-refractivity contribution in [2.45, 2.75) is 42.8 Å². The molecule has 0 radical (unpaired) electrons. The van der Waals surface area contributed by atoms with E-state index in [1.807, 2.05) is 0 Å². The molecule has 2 N–H and O–H groups in total. The van der Waals surface area contributed by atoms with E-state index in [9.17, 15) is 18.3 Å². The summed E-state index contributed by atoms with van der Waals surface area (Å²) in [4.78, 5) is 0.514. The molecule has 1 aromatic carbocycles. The summed E-state index contributed by atoms with van der Waals surface area (Å²) in [5.41, 5.74) is -0.395. The first-order valence-electron chi connectivity index (χ1n) is 5.95. The van der Waals surface area contributed by atoms with Gasteiger partial charge in [-0.1, -0.05) is 13.0 Å². The highest BCUT2D eigenvalue weighted by Crippen LogP contribution is 2.36. The number of nitrogens with one attached hydrogen (secondary N) is 1. The lowest BCUT2D eigenvalue weighted by atomic mass is 10.1. The van der Waals surface area contributed by atoms with E-state index in [1.54, 1.807) is 27.0 Å². The second-order valence-corrected chi connectivity index (χ2v) is 5.86. The van der Waals surface area contributed by atoms with Crippen LogP contribution < -0.4 is 5.32 Å². The van der Waals surface area contributed by atoms with E-state index >= 15 is 0 Å². The Bertz CT molecular complexity index is 421. The zero-order valence-corrected chi connectivity index (χ0v) is 11.9. The molecule has 0 saturated carbocycles. The summed E-state index contributed by atoms with van der Waals surface area (Å²) in [7, 11) is 1.61. The highest BCUT2D eigenvalue weighted by molar-refractivity contribution is 8.00. The summed E-state index contributed by atoms with van der Waals surface area (Å²) in [6, 6.07) is 4.29. The Morgan fingerprint density at radius 2 is 1.95 bits per heavy atom. The normalized spacial score (nSPS) is 15.3. The SMILES string of the molecule is CNCc1ccc(SC(C)C(C)O)cc1C(F)(F)F. The van der Waals surface area contributed by atoms with Crippen LogP contribution in [0.25, 0.3) is 0 Å². The van der Waals surface area contributed by atoms with Crippen LogP contribution in [0.15, 0.2) is 23.1 Å². The summed E-state index contributed by atoms with van der Waals surface area (Å²) < 4.78 is 38.9. The highest BCUT2D eigenvalue weighted by atomic mass is 32.2. The molecule has 0 bridgehead atoms. The van der Waals surface area contributed by atoms with E-state index in [0.29, 0.717) is 4.90 Å². The van der Waals surface area contributed by atoms with Crippen molar-refractivity contribution in [2.24, 2.45) is 0 Å². The maximum atomic E-state index is 13.0. The van der Waals surface area contributed by atoms with Gasteiger partial charge in [0.2, 0.25) is 0 Å². The molecular weight excluding hydrogens is 275 g/mol. The third-order valence-corrected chi connectivity index (χ3v) is 4.05. The summed E-state index contributed by atoms with van der Waals surface area (Å²) >= 11 is 1.24. The van der Waals surface area contributed by atoms with Gasteiger partial charge in [0.05, 0.1) is 11.7 Å². The maximum absolute atomic E-state index is 13.0. The molecule has 0 spiro atoms. The van der Waals surface area contributed by atoms with Crippen LogP contribution in [0.1, 0.15) is 25.0 Å². The van der Waals surface area contributed by atoms with E-state index in [2.05, 4.69) is 5.32 Å². The predicted molar refractivity (Wildman–Crippen MR) is 71.2 cm³/mol. The number of rotatable bonds is 5. The first-order valence-corrected chi connectivity index (χ1v) is 6.83. The van der Waals surface area contributed by atoms with Crippen molar-refractivity contribution in [3.63, 3.8) is 0 Å². The van der Waals surface area contributed by atoms with Gasteiger partial charge < -0.3 is 10.4 Å². The zero-order valence-electron chi connectivity index (χ0n) is 11.1. The summed E-state index contributed by atoms with van der Waals surface area (Å²) in [6.07, 6.45) is -4.94. The van der Waals surface area contributed by atoms with Crippen LogP contribution in [0.2, 0.25) is 0 Å². The van der Waals surface area contributed by atoms with Crippen LogP contribution in [-0.4, -0.2) is 23.5 Å². The fourth-order valence-corrected chi connectivity index (χ4v) is 2.51. The largest absolute Gasteiger partial charge is 0.416 e. The number of benzene rings is 1. The molecule has 1 aromatic rings. The third-order valence-electron chi connectivity index (χ3n) is 2.76. The number of thioether (sulfide) groups is 1. The van der Waals surface area contributed by atoms with Crippen LogP contribution >= 0.6 is 11.8 Å². The van der Waals surface area contributed by atoms with E-state index < -0.39 is 17.8 Å². The van der Waals surface area contributed by atoms with Gasteiger partial charge in [-0.25, -0.2) is 0 Å². The fraction of sp³-hybridized carbons (Fsp3) is 0.538. The van der Waals surface area contributed by atoms with Gasteiger partial charge in [-0.2, -0.15) is 13.2 Å². The standard InChI is InChI=1S/C13H18F3NOS/c1-8(18)9(2)19-11-5-4-10(7-17-3)12(6-11)13(14,15)16/h4-6,8-9,17-18H,7H2,1-3H3. The molecule has 2 nitrogen and oxygen atoms in total. The van der Waals surface area contributed by atoms with E-state index in [1.165, 1.54) is 17.8 Å². The minimum Gasteiger partial charge on any atom is -0.392 e. The molecule has 0 aliphatic heterocycles. The molecular formula is C13H18F3NOS. The van der Waals surface area contributed by atoms with Gasteiger partial charge in [0, 0.05) is 16.7 Å². The monoisotopic (exact) mass is 293 g/mol. The summed E-state index contributed by atoms with van der Waals surface area (Å²) in [5.74, 6) is 0. The molecule has 0 amide bonds. The van der Waals surface area contributed by atoms with Crippen molar-refractivity contribution >= 4 is 11.8 Å². The minimum absolute atomic E-state index is 0.156. The second kappa shape index (κ2) is 6.63. The molecule has 0 saturated heterocycles. The van der Waals surface area contributed by atoms with Gasteiger partial charge in [-0.15, -0.1) is 11.8 Å². The second-order valence-electron chi connectivity index (χ2n) is 4.41. The summed E-state index contributed by atoms with van der Waals surface area (Å²) in [6.45, 7) is 3.58. The lowest BCUT2D eigenvalue weighted by Gasteiger charge is -2.17. The fourth-order valence-electron chi connectivity index (χ4n) is 1.55. The number of alkyl halides is 3. The molecule has 2 unspecified atom stereocenters. The van der Waals surface area contributed by atoms with Crippen molar-refractivity contribution in [1.29, 1.82) is 0 Å². The Balaban J connectivity index is 3.05. The van der Waals surface area contributed by atoms with Crippen molar-refractivity contribution in [3.05, 3.63) is 29.3 Å². The van der Waals surface area contributed by atoms with E-state index in [-0.39, 0.29) is 17.4 Å². The molecule has 0 fully saturated rings. The smallest absolute Gasteiger partial charge is 0.392 e. The summed E-state index contributed by atoms with van der Waals surface area (Å²) in [5, 5.41) is 12.0. The number of aliphatic hydroxyl groups excluding tert-OH is 1. The third kappa shape index (κ3) is 4.71. The number of halogens is 3. The Kier molecular flexibility index (Phi) is 5.70. The Hall–Kier alpha value is -0.720. The Morgan fingerprint density at radius 1 is 1.32 bits per heavy atom. The first kappa shape index (κ1) is 16.3. The molecule has 0 aromatic heterocycles. The molecule has 6 heteroatoms. The average Bonchev–Trinajstić information content (AvgIpc) is 2.29.